The van der Waals surface area contributed by atoms with Crippen LogP contribution < -0.4 is 15.3 Å². The Bertz CT molecular complexity index is 2440. The van der Waals surface area contributed by atoms with Crippen LogP contribution in [-0.4, -0.2) is 18.3 Å². The molecule has 0 amide bonds. The average molecular weight is 731 g/mol. The van der Waals surface area contributed by atoms with Gasteiger partial charge in [0.1, 0.15) is 0 Å². The summed E-state index contributed by atoms with van der Waals surface area (Å²) in [6.07, 6.45) is 0. The van der Waals surface area contributed by atoms with Gasteiger partial charge in [-0.2, -0.15) is 0 Å². The predicted molar refractivity (Wildman–Crippen MR) is 235 cm³/mol. The average Bonchev–Trinajstić information content (AvgIpc) is 3.58. The largest absolute Gasteiger partial charge is 0.494 e. The number of nitrogens with zero attached hydrogens (tertiary/aromatic N) is 2. The molecule has 0 saturated carbocycles. The van der Waals surface area contributed by atoms with Crippen molar-refractivity contribution in [1.29, 1.82) is 0 Å². The number of anilines is 6. The number of para-hydroxylation sites is 2. The van der Waals surface area contributed by atoms with Gasteiger partial charge < -0.3 is 19.1 Å². The first-order chi connectivity index (χ1) is 27.0. The van der Waals surface area contributed by atoms with Gasteiger partial charge in [-0.25, -0.2) is 0 Å². The molecule has 1 aliphatic heterocycles. The van der Waals surface area contributed by atoms with Gasteiger partial charge in [0, 0.05) is 39.5 Å². The van der Waals surface area contributed by atoms with E-state index in [1.807, 2.05) is 0 Å². The third kappa shape index (κ3) is 6.22. The number of benzene rings is 7. The predicted octanol–water partition coefficient (Wildman–Crippen LogP) is 12.9. The number of rotatable bonds is 8. The van der Waals surface area contributed by atoms with Crippen molar-refractivity contribution in [3.05, 3.63) is 187 Å². The highest BCUT2D eigenvalue weighted by Crippen LogP contribution is 2.51. The lowest BCUT2D eigenvalue weighted by atomic mass is 9.74. The zero-order chi connectivity index (χ0) is 38.7. The van der Waals surface area contributed by atoms with E-state index >= 15 is 0 Å². The third-order valence-corrected chi connectivity index (χ3v) is 12.1. The van der Waals surface area contributed by atoms with Crippen LogP contribution in [-0.2, 0) is 14.7 Å². The third-order valence-electron chi connectivity index (χ3n) is 12.1. The molecule has 0 unspecified atom stereocenters. The summed E-state index contributed by atoms with van der Waals surface area (Å²) in [6, 6.07) is 63.2. The van der Waals surface area contributed by atoms with E-state index in [2.05, 4.69) is 227 Å². The Morgan fingerprint density at radius 2 is 0.750 bits per heavy atom. The van der Waals surface area contributed by atoms with Gasteiger partial charge in [-0.3, -0.25) is 0 Å². The minimum atomic E-state index is -0.405. The second kappa shape index (κ2) is 13.7. The van der Waals surface area contributed by atoms with Crippen LogP contribution in [0.25, 0.3) is 22.3 Å². The molecular formula is C51H47BN2O2. The number of fused-ring (bicyclic) bond motifs is 3. The van der Waals surface area contributed by atoms with E-state index in [1.165, 1.54) is 33.4 Å². The molecule has 1 aliphatic carbocycles. The Hall–Kier alpha value is -5.88. The van der Waals surface area contributed by atoms with Crippen molar-refractivity contribution in [1.82, 2.24) is 0 Å². The molecule has 0 bridgehead atoms. The van der Waals surface area contributed by atoms with Crippen LogP contribution in [0.15, 0.2) is 176 Å². The molecule has 0 atom stereocenters. The Labute approximate surface area is 332 Å². The van der Waals surface area contributed by atoms with Crippen molar-refractivity contribution in [2.45, 2.75) is 58.2 Å². The van der Waals surface area contributed by atoms with Crippen LogP contribution in [0.5, 0.6) is 0 Å². The minimum Gasteiger partial charge on any atom is -0.399 e. The van der Waals surface area contributed by atoms with Crippen molar-refractivity contribution in [3.8, 4) is 22.3 Å². The fourth-order valence-electron chi connectivity index (χ4n) is 8.24. The maximum Gasteiger partial charge on any atom is 0.494 e. The highest BCUT2D eigenvalue weighted by atomic mass is 16.7. The van der Waals surface area contributed by atoms with Crippen LogP contribution in [0.1, 0.15) is 52.7 Å². The first kappa shape index (κ1) is 35.8. The lowest BCUT2D eigenvalue weighted by Crippen LogP contribution is -2.41. The number of hydrogen-bond acceptors (Lipinski definition) is 4. The second-order valence-electron chi connectivity index (χ2n) is 16.5. The first-order valence-electron chi connectivity index (χ1n) is 19.6. The van der Waals surface area contributed by atoms with Gasteiger partial charge in [0.05, 0.1) is 11.2 Å². The monoisotopic (exact) mass is 730 g/mol. The molecule has 1 heterocycles. The molecule has 0 aromatic heterocycles. The molecule has 1 fully saturated rings. The quantitative estimate of drug-likeness (QED) is 0.145. The van der Waals surface area contributed by atoms with Gasteiger partial charge in [0.2, 0.25) is 0 Å². The maximum absolute atomic E-state index is 6.48. The Kier molecular flexibility index (Phi) is 8.76. The molecule has 5 heteroatoms. The van der Waals surface area contributed by atoms with Crippen molar-refractivity contribution < 1.29 is 9.31 Å². The zero-order valence-corrected chi connectivity index (χ0v) is 33.0. The summed E-state index contributed by atoms with van der Waals surface area (Å²) < 4.78 is 13.0. The summed E-state index contributed by atoms with van der Waals surface area (Å²) in [5, 5.41) is 0. The van der Waals surface area contributed by atoms with Crippen LogP contribution in [0, 0.1) is 0 Å². The SMILES string of the molecule is CC1(C)c2cc(B3OC(C)(C)C(C)(C)O3)ccc2-c2ccc(N(c3ccc(-c4ccccc4)cc3)c3ccc(N(c4ccccc4)c4ccccc4)cc3)cc21. The summed E-state index contributed by atoms with van der Waals surface area (Å²) in [5.74, 6) is 0. The summed E-state index contributed by atoms with van der Waals surface area (Å²) in [4.78, 5) is 4.68. The van der Waals surface area contributed by atoms with Crippen LogP contribution in [0.3, 0.4) is 0 Å². The molecule has 56 heavy (non-hydrogen) atoms. The molecule has 0 N–H and O–H groups in total. The smallest absolute Gasteiger partial charge is 0.399 e. The molecule has 4 nitrogen and oxygen atoms in total. The summed E-state index contributed by atoms with van der Waals surface area (Å²) in [5.41, 5.74) is 14.2. The van der Waals surface area contributed by atoms with Gasteiger partial charge in [-0.1, -0.05) is 117 Å². The van der Waals surface area contributed by atoms with Crippen molar-refractivity contribution >= 4 is 46.7 Å². The van der Waals surface area contributed by atoms with Gasteiger partial charge in [-0.05, 0) is 139 Å². The molecular weight excluding hydrogens is 683 g/mol. The van der Waals surface area contributed by atoms with Crippen LogP contribution in [0.2, 0.25) is 0 Å². The van der Waals surface area contributed by atoms with Gasteiger partial charge in [0.25, 0.3) is 0 Å². The van der Waals surface area contributed by atoms with Crippen molar-refractivity contribution in [2.24, 2.45) is 0 Å². The topological polar surface area (TPSA) is 24.9 Å². The van der Waals surface area contributed by atoms with Crippen LogP contribution >= 0.6 is 0 Å². The lowest BCUT2D eigenvalue weighted by Gasteiger charge is -2.32. The molecule has 7 aromatic carbocycles. The van der Waals surface area contributed by atoms with Gasteiger partial charge in [0.15, 0.2) is 0 Å². The van der Waals surface area contributed by atoms with E-state index in [1.54, 1.807) is 0 Å². The van der Waals surface area contributed by atoms with E-state index in [-0.39, 0.29) is 5.41 Å². The standard InChI is InChI=1S/C51H47BN2O2/c1-49(2)47-34-38(52-55-50(3,4)51(5,6)56-52)24-32-45(47)46-33-31-44(35-48(46)49)54(41-25-22-37(23-26-41)36-16-10-7-11-17-36)43-29-27-42(28-30-43)53(39-18-12-8-13-19-39)40-20-14-9-15-21-40/h7-35H,1-6H3. The van der Waals surface area contributed by atoms with E-state index in [0.29, 0.717) is 0 Å². The first-order valence-corrected chi connectivity index (χ1v) is 19.6. The molecule has 0 spiro atoms. The fourth-order valence-corrected chi connectivity index (χ4v) is 8.24. The molecule has 0 radical (unpaired) electrons. The van der Waals surface area contributed by atoms with E-state index in [0.717, 1.165) is 39.6 Å². The normalized spacial score (nSPS) is 15.9. The minimum absolute atomic E-state index is 0.237. The highest BCUT2D eigenvalue weighted by molar-refractivity contribution is 6.62. The van der Waals surface area contributed by atoms with Crippen molar-refractivity contribution in [3.63, 3.8) is 0 Å². The highest BCUT2D eigenvalue weighted by Gasteiger charge is 2.52. The Morgan fingerprint density at radius 3 is 1.27 bits per heavy atom. The van der Waals surface area contributed by atoms with E-state index in [9.17, 15) is 0 Å². The molecule has 1 saturated heterocycles. The van der Waals surface area contributed by atoms with E-state index < -0.39 is 18.3 Å². The van der Waals surface area contributed by atoms with Crippen molar-refractivity contribution in [2.75, 3.05) is 9.80 Å². The Morgan fingerprint density at radius 1 is 0.375 bits per heavy atom. The zero-order valence-electron chi connectivity index (χ0n) is 33.0. The lowest BCUT2D eigenvalue weighted by molar-refractivity contribution is 0.00578. The molecule has 7 aromatic rings. The summed E-state index contributed by atoms with van der Waals surface area (Å²) in [7, 11) is -0.405. The van der Waals surface area contributed by atoms with Gasteiger partial charge >= 0.3 is 7.12 Å². The molecule has 9 rings (SSSR count). The summed E-state index contributed by atoms with van der Waals surface area (Å²) >= 11 is 0. The molecule has 2 aliphatic rings. The number of hydrogen-bond donors (Lipinski definition) is 0. The maximum atomic E-state index is 6.48. The Balaban J connectivity index is 1.11. The van der Waals surface area contributed by atoms with Gasteiger partial charge in [-0.15, -0.1) is 0 Å². The molecule has 276 valence electrons. The second-order valence-corrected chi connectivity index (χ2v) is 16.5. The van der Waals surface area contributed by atoms with E-state index in [4.69, 9.17) is 9.31 Å². The summed E-state index contributed by atoms with van der Waals surface area (Å²) in [6.45, 7) is 13.1. The van der Waals surface area contributed by atoms with Crippen LogP contribution in [0.4, 0.5) is 34.1 Å². The fraction of sp³-hybridized carbons (Fsp3) is 0.176.